The number of carbonyl (C=O) groups excluding carboxylic acids is 1. The number of nitrogens with one attached hydrogen (secondary N) is 1. The maximum atomic E-state index is 12.7. The number of carbonyl (C=O) groups is 1. The summed E-state index contributed by atoms with van der Waals surface area (Å²) in [6.07, 6.45) is 7.92. The third-order valence-electron chi connectivity index (χ3n) is 6.71. The van der Waals surface area contributed by atoms with Crippen molar-refractivity contribution in [3.8, 4) is 0 Å². The summed E-state index contributed by atoms with van der Waals surface area (Å²) in [5, 5.41) is 3.37. The molecule has 37 heavy (non-hydrogen) atoms. The fourth-order valence-corrected chi connectivity index (χ4v) is 5.52. The first-order chi connectivity index (χ1) is 18.0. The first-order valence-corrected chi connectivity index (χ1v) is 13.3. The predicted molar refractivity (Wildman–Crippen MR) is 145 cm³/mol. The van der Waals surface area contributed by atoms with Gasteiger partial charge in [-0.3, -0.25) is 19.7 Å². The van der Waals surface area contributed by atoms with Crippen molar-refractivity contribution in [3.63, 3.8) is 0 Å². The smallest absolute Gasteiger partial charge is 0.254 e. The van der Waals surface area contributed by atoms with Gasteiger partial charge in [0, 0.05) is 31.7 Å². The normalized spacial score (nSPS) is 18.8. The van der Waals surface area contributed by atoms with Crippen LogP contribution in [-0.4, -0.2) is 45.9 Å². The van der Waals surface area contributed by atoms with Crippen molar-refractivity contribution in [1.29, 1.82) is 0 Å². The number of halogens is 2. The molecule has 0 saturated carbocycles. The van der Waals surface area contributed by atoms with E-state index in [0.717, 1.165) is 42.0 Å². The molecular formula is C28H29Cl2N5O2. The first kappa shape index (κ1) is 25.6. The molecule has 2 aliphatic rings. The Morgan fingerprint density at radius 1 is 1.14 bits per heavy atom. The lowest BCUT2D eigenvalue weighted by atomic mass is 9.90. The van der Waals surface area contributed by atoms with Gasteiger partial charge in [0.05, 0.1) is 39.9 Å². The van der Waals surface area contributed by atoms with Crippen molar-refractivity contribution in [2.24, 2.45) is 4.99 Å². The van der Waals surface area contributed by atoms with Gasteiger partial charge in [0.15, 0.2) is 5.90 Å². The predicted octanol–water partition coefficient (Wildman–Crippen LogP) is 5.41. The van der Waals surface area contributed by atoms with Crippen molar-refractivity contribution >= 4 is 35.0 Å². The second-order valence-corrected chi connectivity index (χ2v) is 10.3. The van der Waals surface area contributed by atoms with Crippen molar-refractivity contribution in [3.05, 3.63) is 93.0 Å². The SMILES string of the molecule is CC1COC(CN(Cc2cccc(CNC(=O)c3c(Cl)cncc3Cl)c2)C2CCCc3cccnc32)=N1. The molecule has 1 N–H and O–H groups in total. The highest BCUT2D eigenvalue weighted by atomic mass is 35.5. The second-order valence-electron chi connectivity index (χ2n) is 9.52. The fraction of sp³-hybridized carbons (Fsp3) is 0.357. The topological polar surface area (TPSA) is 79.7 Å². The van der Waals surface area contributed by atoms with Crippen LogP contribution in [0.25, 0.3) is 0 Å². The van der Waals surface area contributed by atoms with E-state index in [1.54, 1.807) is 0 Å². The molecule has 0 bridgehead atoms. The summed E-state index contributed by atoms with van der Waals surface area (Å²) in [7, 11) is 0. The zero-order valence-electron chi connectivity index (χ0n) is 20.7. The molecule has 9 heteroatoms. The number of rotatable bonds is 8. The molecule has 0 spiro atoms. The van der Waals surface area contributed by atoms with Crippen molar-refractivity contribution in [1.82, 2.24) is 20.2 Å². The van der Waals surface area contributed by atoms with Gasteiger partial charge in [-0.1, -0.05) is 53.5 Å². The Morgan fingerprint density at radius 2 is 1.95 bits per heavy atom. The Balaban J connectivity index is 1.33. The van der Waals surface area contributed by atoms with Crippen molar-refractivity contribution in [2.75, 3.05) is 13.2 Å². The summed E-state index contributed by atoms with van der Waals surface area (Å²) in [6.45, 7) is 4.39. The minimum absolute atomic E-state index is 0.183. The lowest BCUT2D eigenvalue weighted by molar-refractivity contribution is 0.0951. The van der Waals surface area contributed by atoms with Gasteiger partial charge >= 0.3 is 0 Å². The Kier molecular flexibility index (Phi) is 8.03. The minimum Gasteiger partial charge on any atom is -0.478 e. The lowest BCUT2D eigenvalue weighted by Crippen LogP contribution is -2.36. The largest absolute Gasteiger partial charge is 0.478 e. The number of amides is 1. The summed E-state index contributed by atoms with van der Waals surface area (Å²) in [5.74, 6) is 0.449. The maximum Gasteiger partial charge on any atom is 0.254 e. The van der Waals surface area contributed by atoms with E-state index < -0.39 is 0 Å². The molecule has 2 aromatic heterocycles. The van der Waals surface area contributed by atoms with Crippen LogP contribution in [0.2, 0.25) is 10.0 Å². The number of hydrogen-bond acceptors (Lipinski definition) is 6. The highest BCUT2D eigenvalue weighted by Gasteiger charge is 2.29. The highest BCUT2D eigenvalue weighted by Crippen LogP contribution is 2.34. The van der Waals surface area contributed by atoms with Crippen LogP contribution in [0.3, 0.4) is 0 Å². The average Bonchev–Trinajstić information content (AvgIpc) is 3.31. The number of benzene rings is 1. The Morgan fingerprint density at radius 3 is 2.73 bits per heavy atom. The summed E-state index contributed by atoms with van der Waals surface area (Å²) in [4.78, 5) is 28.5. The molecule has 1 aliphatic carbocycles. The number of nitrogens with zero attached hydrogens (tertiary/aromatic N) is 4. The summed E-state index contributed by atoms with van der Waals surface area (Å²) in [6, 6.07) is 12.8. The van der Waals surface area contributed by atoms with E-state index in [4.69, 9.17) is 32.9 Å². The van der Waals surface area contributed by atoms with Crippen LogP contribution in [0.15, 0.2) is 60.0 Å². The number of aliphatic imine (C=N–C) groups is 1. The van der Waals surface area contributed by atoms with E-state index in [0.29, 0.717) is 26.2 Å². The van der Waals surface area contributed by atoms with Crippen molar-refractivity contribution < 1.29 is 9.53 Å². The molecule has 0 fully saturated rings. The number of hydrogen-bond donors (Lipinski definition) is 1. The average molecular weight is 538 g/mol. The number of fused-ring (bicyclic) bond motifs is 1. The van der Waals surface area contributed by atoms with Gasteiger partial charge in [-0.25, -0.2) is 4.99 Å². The number of aryl methyl sites for hydroxylation is 1. The van der Waals surface area contributed by atoms with Gasteiger partial charge in [-0.05, 0) is 48.9 Å². The Labute approximate surface area is 226 Å². The highest BCUT2D eigenvalue weighted by molar-refractivity contribution is 6.39. The maximum absolute atomic E-state index is 12.7. The number of aromatic nitrogens is 2. The van der Waals surface area contributed by atoms with E-state index in [1.807, 2.05) is 24.4 Å². The molecular weight excluding hydrogens is 509 g/mol. The molecule has 5 rings (SSSR count). The van der Waals surface area contributed by atoms with Crippen LogP contribution < -0.4 is 5.32 Å². The lowest BCUT2D eigenvalue weighted by Gasteiger charge is -2.35. The molecule has 2 atom stereocenters. The van der Waals surface area contributed by atoms with E-state index >= 15 is 0 Å². The van der Waals surface area contributed by atoms with Gasteiger partial charge in [-0.2, -0.15) is 0 Å². The summed E-state index contributed by atoms with van der Waals surface area (Å²) in [5.41, 5.74) is 4.82. The van der Waals surface area contributed by atoms with Crippen LogP contribution in [0.4, 0.5) is 0 Å². The second kappa shape index (κ2) is 11.6. The standard InChI is InChI=1S/C28H29Cl2N5O2/c1-18-17-37-25(34-18)16-35(24-9-3-7-21-8-4-10-32-27(21)24)15-20-6-2-5-19(11-20)12-33-28(36)26-22(29)13-31-14-23(26)30/h2,4-6,8,10-11,13-14,18,24H,3,7,9,12,15-17H2,1H3,(H,33,36). The monoisotopic (exact) mass is 537 g/mol. The Hall–Kier alpha value is -3.00. The van der Waals surface area contributed by atoms with Crippen molar-refractivity contribution in [2.45, 2.75) is 51.4 Å². The van der Waals surface area contributed by atoms with Crippen LogP contribution in [0.1, 0.15) is 58.5 Å². The molecule has 1 aliphatic heterocycles. The van der Waals surface area contributed by atoms with E-state index in [2.05, 4.69) is 45.3 Å². The molecule has 1 amide bonds. The van der Waals surface area contributed by atoms with Crippen LogP contribution in [0.5, 0.6) is 0 Å². The molecule has 3 heterocycles. The van der Waals surface area contributed by atoms with Gasteiger partial charge in [-0.15, -0.1) is 0 Å². The van der Waals surface area contributed by atoms with Gasteiger partial charge in [0.1, 0.15) is 6.61 Å². The molecule has 2 unspecified atom stereocenters. The quantitative estimate of drug-likeness (QED) is 0.415. The van der Waals surface area contributed by atoms with Gasteiger partial charge in [0.2, 0.25) is 0 Å². The molecule has 0 saturated heterocycles. The van der Waals surface area contributed by atoms with Crippen LogP contribution >= 0.6 is 23.2 Å². The molecule has 7 nitrogen and oxygen atoms in total. The zero-order valence-corrected chi connectivity index (χ0v) is 22.2. The zero-order chi connectivity index (χ0) is 25.8. The van der Waals surface area contributed by atoms with E-state index in [-0.39, 0.29) is 33.6 Å². The minimum atomic E-state index is -0.333. The molecule has 192 valence electrons. The molecule has 1 aromatic carbocycles. The van der Waals surface area contributed by atoms with E-state index in [1.165, 1.54) is 18.0 Å². The van der Waals surface area contributed by atoms with Gasteiger partial charge < -0.3 is 10.1 Å². The van der Waals surface area contributed by atoms with Crippen LogP contribution in [0, 0.1) is 0 Å². The third-order valence-corrected chi connectivity index (χ3v) is 7.28. The van der Waals surface area contributed by atoms with Gasteiger partial charge in [0.25, 0.3) is 5.91 Å². The Bertz CT molecular complexity index is 1290. The summed E-state index contributed by atoms with van der Waals surface area (Å²) < 4.78 is 5.88. The first-order valence-electron chi connectivity index (χ1n) is 12.5. The van der Waals surface area contributed by atoms with Crippen LogP contribution in [-0.2, 0) is 24.2 Å². The fourth-order valence-electron chi connectivity index (χ4n) is 4.99. The number of pyridine rings is 2. The third kappa shape index (κ3) is 6.12. The van der Waals surface area contributed by atoms with E-state index in [9.17, 15) is 4.79 Å². The molecule has 3 aromatic rings. The number of ether oxygens (including phenoxy) is 1. The molecule has 0 radical (unpaired) electrons. The summed E-state index contributed by atoms with van der Waals surface area (Å²) >= 11 is 12.3.